The van der Waals surface area contributed by atoms with Crippen molar-refractivity contribution < 1.29 is 14.2 Å². The predicted octanol–water partition coefficient (Wildman–Crippen LogP) is 3.88. The van der Waals surface area contributed by atoms with Crippen LogP contribution in [-0.4, -0.2) is 61.0 Å². The number of aromatic nitrogens is 5. The third-order valence-corrected chi connectivity index (χ3v) is 7.64. The highest BCUT2D eigenvalue weighted by Gasteiger charge is 2.45. The molecule has 4 heterocycles. The first-order chi connectivity index (χ1) is 17.4. The minimum absolute atomic E-state index is 0.0404. The number of aromatic hydroxyl groups is 1. The number of piperidine rings is 2. The second kappa shape index (κ2) is 8.92. The van der Waals surface area contributed by atoms with Gasteiger partial charge in [-0.05, 0) is 57.6 Å². The Morgan fingerprint density at radius 3 is 2.69 bits per heavy atom. The van der Waals surface area contributed by atoms with Gasteiger partial charge in [-0.25, -0.2) is 14.4 Å². The number of anilines is 1. The van der Waals surface area contributed by atoms with Crippen molar-refractivity contribution in [3.63, 3.8) is 0 Å². The Hall–Kier alpha value is -3.40. The lowest BCUT2D eigenvalue weighted by Crippen LogP contribution is -2.61. The molecule has 0 radical (unpaired) electrons. The van der Waals surface area contributed by atoms with Crippen LogP contribution in [0.15, 0.2) is 30.6 Å². The molecule has 36 heavy (non-hydrogen) atoms. The van der Waals surface area contributed by atoms with Crippen LogP contribution in [-0.2, 0) is 0 Å². The number of phenolic OH excluding ortho intramolecular Hbond substituents is 1. The number of ether oxygens (including phenoxy) is 1. The Labute approximate surface area is 209 Å². The summed E-state index contributed by atoms with van der Waals surface area (Å²) in [4.78, 5) is 14.8. The van der Waals surface area contributed by atoms with E-state index in [1.54, 1.807) is 18.3 Å². The van der Waals surface area contributed by atoms with Crippen LogP contribution >= 0.6 is 0 Å². The zero-order valence-corrected chi connectivity index (χ0v) is 20.5. The SMILES string of the molecule is COc1ncc(F)c(-c2ccc(-c3ncc(N(C4CC4)[C@H]4C[C@@H]5CCC[C@](C)(C4)N5)nn3)c(O)c2)n1. The van der Waals surface area contributed by atoms with E-state index < -0.39 is 5.82 Å². The molecule has 1 aromatic carbocycles. The molecule has 3 aliphatic rings. The number of phenols is 1. The van der Waals surface area contributed by atoms with Gasteiger partial charge < -0.3 is 20.1 Å². The van der Waals surface area contributed by atoms with Crippen LogP contribution in [0.4, 0.5) is 10.2 Å². The van der Waals surface area contributed by atoms with Gasteiger partial charge in [-0.15, -0.1) is 10.2 Å². The van der Waals surface area contributed by atoms with Crippen LogP contribution in [0.3, 0.4) is 0 Å². The van der Waals surface area contributed by atoms with Gasteiger partial charge in [0.05, 0.1) is 25.1 Å². The van der Waals surface area contributed by atoms with Gasteiger partial charge in [-0.1, -0.05) is 12.5 Å². The zero-order chi connectivity index (χ0) is 24.9. The highest BCUT2D eigenvalue weighted by Crippen LogP contribution is 2.41. The number of hydrogen-bond donors (Lipinski definition) is 2. The fraction of sp³-hybridized carbons (Fsp3) is 0.500. The maximum Gasteiger partial charge on any atom is 0.316 e. The summed E-state index contributed by atoms with van der Waals surface area (Å²) in [6, 6.07) is 6.24. The van der Waals surface area contributed by atoms with Gasteiger partial charge in [-0.3, -0.25) is 0 Å². The number of benzene rings is 1. The highest BCUT2D eigenvalue weighted by molar-refractivity contribution is 5.71. The highest BCUT2D eigenvalue weighted by atomic mass is 19.1. The van der Waals surface area contributed by atoms with Crippen molar-refractivity contribution in [1.29, 1.82) is 0 Å². The Balaban J connectivity index is 1.25. The van der Waals surface area contributed by atoms with E-state index in [1.807, 2.05) is 0 Å². The standard InChI is InChI=1S/C26H30FN7O2/c1-26-9-3-4-16(31-26)11-18(12-26)34(17-6-7-17)22-14-28-24(33-32-22)19-8-5-15(10-21(19)35)23-20(27)13-29-25(30-23)36-2/h5,8,10,13-14,16-18,31,35H,3-4,6-7,9,11-12H2,1-2H3/t16-,18-,26+/m0/s1. The largest absolute Gasteiger partial charge is 0.507 e. The molecule has 10 heteroatoms. The molecule has 2 aromatic heterocycles. The van der Waals surface area contributed by atoms with Crippen LogP contribution in [0.1, 0.15) is 51.9 Å². The van der Waals surface area contributed by atoms with Crippen molar-refractivity contribution >= 4 is 5.82 Å². The molecule has 188 valence electrons. The topological polar surface area (TPSA) is 109 Å². The first-order valence-electron chi connectivity index (χ1n) is 12.6. The monoisotopic (exact) mass is 491 g/mol. The maximum absolute atomic E-state index is 14.3. The molecule has 2 aliphatic heterocycles. The van der Waals surface area contributed by atoms with E-state index >= 15 is 0 Å². The lowest BCUT2D eigenvalue weighted by Gasteiger charge is -2.50. The third-order valence-electron chi connectivity index (χ3n) is 7.64. The zero-order valence-electron chi connectivity index (χ0n) is 20.5. The lowest BCUT2D eigenvalue weighted by molar-refractivity contribution is 0.138. The van der Waals surface area contributed by atoms with E-state index in [4.69, 9.17) is 4.74 Å². The van der Waals surface area contributed by atoms with Crippen molar-refractivity contribution in [3.05, 3.63) is 36.4 Å². The van der Waals surface area contributed by atoms with Gasteiger partial charge >= 0.3 is 6.01 Å². The van der Waals surface area contributed by atoms with Crippen LogP contribution in [0.25, 0.3) is 22.6 Å². The van der Waals surface area contributed by atoms with Crippen molar-refractivity contribution in [1.82, 2.24) is 30.5 Å². The Kier molecular flexibility index (Phi) is 5.70. The van der Waals surface area contributed by atoms with Crippen molar-refractivity contribution in [2.75, 3.05) is 12.0 Å². The van der Waals surface area contributed by atoms with E-state index in [-0.39, 0.29) is 23.0 Å². The summed E-state index contributed by atoms with van der Waals surface area (Å²) in [5, 5.41) is 23.5. The van der Waals surface area contributed by atoms with Crippen molar-refractivity contribution in [2.45, 2.75) is 75.5 Å². The maximum atomic E-state index is 14.3. The second-order valence-electron chi connectivity index (χ2n) is 10.5. The molecular formula is C26H30FN7O2. The van der Waals surface area contributed by atoms with E-state index in [2.05, 4.69) is 42.3 Å². The Morgan fingerprint density at radius 1 is 1.14 bits per heavy atom. The number of hydrogen-bond acceptors (Lipinski definition) is 9. The number of nitrogens with zero attached hydrogens (tertiary/aromatic N) is 6. The van der Waals surface area contributed by atoms with Crippen LogP contribution in [0.2, 0.25) is 0 Å². The summed E-state index contributed by atoms with van der Waals surface area (Å²) >= 11 is 0. The molecule has 2 bridgehead atoms. The Bertz CT molecular complexity index is 1270. The number of halogens is 1. The van der Waals surface area contributed by atoms with Crippen molar-refractivity contribution in [3.8, 4) is 34.4 Å². The van der Waals surface area contributed by atoms with E-state index in [1.165, 1.54) is 45.3 Å². The molecule has 6 rings (SSSR count). The molecule has 0 unspecified atom stereocenters. The minimum atomic E-state index is -0.610. The fourth-order valence-electron chi connectivity index (χ4n) is 5.91. The summed E-state index contributed by atoms with van der Waals surface area (Å²) in [6.45, 7) is 2.35. The molecule has 1 aliphatic carbocycles. The molecular weight excluding hydrogens is 461 g/mol. The summed E-state index contributed by atoms with van der Waals surface area (Å²) in [7, 11) is 1.41. The summed E-state index contributed by atoms with van der Waals surface area (Å²) < 4.78 is 19.3. The molecule has 1 saturated carbocycles. The lowest BCUT2D eigenvalue weighted by atomic mass is 9.75. The summed E-state index contributed by atoms with van der Waals surface area (Å²) in [5.74, 6) is 0.410. The molecule has 2 saturated heterocycles. The smallest absolute Gasteiger partial charge is 0.316 e. The van der Waals surface area contributed by atoms with E-state index in [0.29, 0.717) is 35.1 Å². The molecule has 0 spiro atoms. The number of nitrogens with one attached hydrogen (secondary N) is 1. The van der Waals surface area contributed by atoms with Gasteiger partial charge in [-0.2, -0.15) is 4.98 Å². The summed E-state index contributed by atoms with van der Waals surface area (Å²) in [6.07, 6.45) is 11.1. The fourth-order valence-corrected chi connectivity index (χ4v) is 5.91. The normalized spacial score (nSPS) is 25.4. The molecule has 3 fully saturated rings. The molecule has 3 atom stereocenters. The Morgan fingerprint density at radius 2 is 2.00 bits per heavy atom. The number of rotatable bonds is 6. The average Bonchev–Trinajstić information content (AvgIpc) is 3.69. The van der Waals surface area contributed by atoms with Crippen molar-refractivity contribution in [2.24, 2.45) is 0 Å². The number of methoxy groups -OCH3 is 1. The summed E-state index contributed by atoms with van der Waals surface area (Å²) in [5.41, 5.74) is 1.03. The van der Waals surface area contributed by atoms with Crippen LogP contribution in [0, 0.1) is 5.82 Å². The third kappa shape index (κ3) is 4.34. The first-order valence-corrected chi connectivity index (χ1v) is 12.6. The predicted molar refractivity (Wildman–Crippen MR) is 132 cm³/mol. The van der Waals surface area contributed by atoms with Gasteiger partial charge in [0, 0.05) is 29.2 Å². The molecule has 9 nitrogen and oxygen atoms in total. The second-order valence-corrected chi connectivity index (χ2v) is 10.5. The number of fused-ring (bicyclic) bond motifs is 2. The first kappa shape index (κ1) is 23.0. The van der Waals surface area contributed by atoms with Gasteiger partial charge in [0.15, 0.2) is 17.5 Å². The molecule has 2 N–H and O–H groups in total. The molecule has 0 amide bonds. The molecule has 3 aromatic rings. The van der Waals surface area contributed by atoms with Crippen LogP contribution < -0.4 is 15.0 Å². The average molecular weight is 492 g/mol. The van der Waals surface area contributed by atoms with Gasteiger partial charge in [0.25, 0.3) is 0 Å². The quantitative estimate of drug-likeness (QED) is 0.531. The van der Waals surface area contributed by atoms with E-state index in [9.17, 15) is 9.50 Å². The van der Waals surface area contributed by atoms with E-state index in [0.717, 1.165) is 24.9 Å². The minimum Gasteiger partial charge on any atom is -0.507 e. The van der Waals surface area contributed by atoms with Gasteiger partial charge in [0.1, 0.15) is 11.4 Å². The van der Waals surface area contributed by atoms with Crippen LogP contribution in [0.5, 0.6) is 11.8 Å². The van der Waals surface area contributed by atoms with Gasteiger partial charge in [0.2, 0.25) is 0 Å².